The predicted octanol–water partition coefficient (Wildman–Crippen LogP) is 2.02. The molecule has 0 unspecified atom stereocenters. The molecule has 0 aromatic rings. The van der Waals surface area contributed by atoms with E-state index < -0.39 is 27.4 Å². The summed E-state index contributed by atoms with van der Waals surface area (Å²) in [5, 5.41) is 0. The van der Waals surface area contributed by atoms with Crippen LogP contribution in [0.15, 0.2) is 12.1 Å². The molecule has 0 spiro atoms. The summed E-state index contributed by atoms with van der Waals surface area (Å²) in [6.07, 6.45) is -0.552. The first-order chi connectivity index (χ1) is 5.13. The van der Waals surface area contributed by atoms with Gasteiger partial charge in [-0.2, -0.15) is 17.2 Å². The molecule has 0 bridgehead atoms. The van der Waals surface area contributed by atoms with Crippen molar-refractivity contribution in [3.63, 3.8) is 0 Å². The highest BCUT2D eigenvalue weighted by Crippen LogP contribution is 2.31. The third-order valence-electron chi connectivity index (χ3n) is 0.537. The highest BCUT2D eigenvalue weighted by atomic mass is 79.9. The highest BCUT2D eigenvalue weighted by molar-refractivity contribution is 9.10. The maximum absolute atomic E-state index is 11.9. The maximum Gasteiger partial charge on any atom is 0.488 e. The summed E-state index contributed by atoms with van der Waals surface area (Å²) in [7, 11) is -5.45. The summed E-state index contributed by atoms with van der Waals surface area (Å²) in [6, 6.07) is 0. The minimum absolute atomic E-state index is 0.552. The third kappa shape index (κ3) is 5.35. The minimum atomic E-state index is -5.45. The number of allylic oxidation sites excluding steroid dienone is 1. The predicted molar refractivity (Wildman–Crippen MR) is 34.2 cm³/mol. The molecule has 0 atom stereocenters. The lowest BCUT2D eigenvalue weighted by atomic mass is 10.6. The fourth-order valence-corrected chi connectivity index (χ4v) is 0.459. The van der Waals surface area contributed by atoms with Crippen LogP contribution in [0, 0.1) is 0 Å². The summed E-state index contributed by atoms with van der Waals surface area (Å²) in [6.45, 7) is 0. The standard InChI is InChI=1S/C3HBrF4O3S/c4-3(6,7)2(5)1-11-12(8,9)10/h1H/b2-1-. The Bertz CT molecular complexity index is 278. The topological polar surface area (TPSA) is 43.4 Å². The van der Waals surface area contributed by atoms with Crippen molar-refractivity contribution in [1.29, 1.82) is 0 Å². The number of hydrogen-bond donors (Lipinski definition) is 0. The zero-order valence-corrected chi connectivity index (χ0v) is 7.50. The summed E-state index contributed by atoms with van der Waals surface area (Å²) in [5.41, 5.74) is 0. The van der Waals surface area contributed by atoms with E-state index in [4.69, 9.17) is 0 Å². The number of hydrogen-bond acceptors (Lipinski definition) is 3. The van der Waals surface area contributed by atoms with Gasteiger partial charge in [-0.1, -0.05) is 3.89 Å². The molecule has 0 aliphatic carbocycles. The lowest BCUT2D eigenvalue weighted by molar-refractivity contribution is 0.123. The van der Waals surface area contributed by atoms with E-state index in [2.05, 4.69) is 4.18 Å². The first kappa shape index (κ1) is 11.7. The van der Waals surface area contributed by atoms with E-state index in [1.54, 1.807) is 0 Å². The van der Waals surface area contributed by atoms with Crippen molar-refractivity contribution in [2.24, 2.45) is 0 Å². The lowest BCUT2D eigenvalue weighted by Gasteiger charge is -2.02. The van der Waals surface area contributed by atoms with Gasteiger partial charge in [-0.05, 0) is 15.9 Å². The average Bonchev–Trinajstić information content (AvgIpc) is 1.78. The van der Waals surface area contributed by atoms with E-state index in [-0.39, 0.29) is 0 Å². The van der Waals surface area contributed by atoms with Crippen molar-refractivity contribution < 1.29 is 29.7 Å². The van der Waals surface area contributed by atoms with Crippen molar-refractivity contribution >= 4 is 26.4 Å². The second kappa shape index (κ2) is 3.60. The van der Waals surface area contributed by atoms with Crippen LogP contribution in [-0.4, -0.2) is 13.2 Å². The van der Waals surface area contributed by atoms with Gasteiger partial charge in [0.05, 0.1) is 0 Å². The van der Waals surface area contributed by atoms with Gasteiger partial charge in [-0.25, -0.2) is 4.39 Å². The van der Waals surface area contributed by atoms with Gasteiger partial charge in [0, 0.05) is 0 Å². The van der Waals surface area contributed by atoms with Crippen LogP contribution in [0.2, 0.25) is 0 Å². The average molecular weight is 273 g/mol. The Balaban J connectivity index is 4.42. The van der Waals surface area contributed by atoms with Crippen molar-refractivity contribution in [2.75, 3.05) is 0 Å². The molecule has 0 aliphatic rings. The Labute approximate surface area is 73.6 Å². The van der Waals surface area contributed by atoms with Gasteiger partial charge in [-0.3, -0.25) is 0 Å². The smallest absolute Gasteiger partial charge is 0.363 e. The number of halogens is 5. The van der Waals surface area contributed by atoms with Crippen LogP contribution in [0.3, 0.4) is 0 Å². The molecular formula is C3HBrF4O3S. The minimum Gasteiger partial charge on any atom is -0.363 e. The van der Waals surface area contributed by atoms with Gasteiger partial charge in [0.15, 0.2) is 0 Å². The summed E-state index contributed by atoms with van der Waals surface area (Å²) in [4.78, 5) is -4.07. The number of rotatable bonds is 3. The van der Waals surface area contributed by atoms with E-state index in [1.165, 1.54) is 15.9 Å². The van der Waals surface area contributed by atoms with Gasteiger partial charge in [0.1, 0.15) is 6.26 Å². The molecule has 0 saturated heterocycles. The highest BCUT2D eigenvalue weighted by Gasteiger charge is 2.32. The Morgan fingerprint density at radius 1 is 1.50 bits per heavy atom. The summed E-state index contributed by atoms with van der Waals surface area (Å²) >= 11 is 1.54. The molecule has 9 heteroatoms. The second-order valence-corrected chi connectivity index (χ2v) is 3.43. The molecule has 0 heterocycles. The third-order valence-corrected chi connectivity index (χ3v) is 1.24. The van der Waals surface area contributed by atoms with Gasteiger partial charge < -0.3 is 4.18 Å². The van der Waals surface area contributed by atoms with Gasteiger partial charge in [-0.15, -0.1) is 0 Å². The summed E-state index contributed by atoms with van der Waals surface area (Å²) < 4.78 is 68.9. The fourth-order valence-electron chi connectivity index (χ4n) is 0.167. The molecule has 72 valence electrons. The van der Waals surface area contributed by atoms with Crippen LogP contribution < -0.4 is 0 Å². The van der Waals surface area contributed by atoms with Crippen LogP contribution in [0.5, 0.6) is 0 Å². The molecule has 0 N–H and O–H groups in total. The van der Waals surface area contributed by atoms with E-state index >= 15 is 0 Å². The van der Waals surface area contributed by atoms with Gasteiger partial charge >= 0.3 is 15.3 Å². The van der Waals surface area contributed by atoms with Crippen LogP contribution >= 0.6 is 15.9 Å². The molecular weight excluding hydrogens is 272 g/mol. The molecule has 12 heavy (non-hydrogen) atoms. The zero-order chi connectivity index (χ0) is 9.99. The molecule has 0 aromatic heterocycles. The lowest BCUT2D eigenvalue weighted by Crippen LogP contribution is -2.06. The van der Waals surface area contributed by atoms with Crippen molar-refractivity contribution in [1.82, 2.24) is 0 Å². The zero-order valence-electron chi connectivity index (χ0n) is 5.10. The molecule has 0 aromatic carbocycles. The number of alkyl halides is 3. The SMILES string of the molecule is O=S(=O)(F)O/C=C(\F)C(F)(F)Br. The summed E-state index contributed by atoms with van der Waals surface area (Å²) in [5.74, 6) is -2.26. The van der Waals surface area contributed by atoms with Crippen LogP contribution in [0.4, 0.5) is 17.1 Å². The Kier molecular flexibility index (Phi) is 3.51. The Morgan fingerprint density at radius 2 is 1.92 bits per heavy atom. The largest absolute Gasteiger partial charge is 0.488 e. The van der Waals surface area contributed by atoms with Gasteiger partial charge in [0.25, 0.3) is 0 Å². The molecule has 0 rings (SSSR count). The van der Waals surface area contributed by atoms with Crippen LogP contribution in [0.1, 0.15) is 0 Å². The fraction of sp³-hybridized carbons (Fsp3) is 0.333. The quantitative estimate of drug-likeness (QED) is 0.342. The molecule has 0 amide bonds. The first-order valence-electron chi connectivity index (χ1n) is 2.18. The molecule has 3 nitrogen and oxygen atoms in total. The molecule has 0 radical (unpaired) electrons. The molecule has 0 saturated carbocycles. The van der Waals surface area contributed by atoms with Crippen molar-refractivity contribution in [3.05, 3.63) is 12.1 Å². The van der Waals surface area contributed by atoms with E-state index in [1.807, 2.05) is 0 Å². The second-order valence-electron chi connectivity index (χ2n) is 1.45. The molecule has 0 aliphatic heterocycles. The Morgan fingerprint density at radius 3 is 2.17 bits per heavy atom. The maximum atomic E-state index is 11.9. The molecule has 0 fully saturated rings. The normalized spacial score (nSPS) is 14.6. The van der Waals surface area contributed by atoms with Crippen molar-refractivity contribution in [3.8, 4) is 0 Å². The van der Waals surface area contributed by atoms with Crippen LogP contribution in [0.25, 0.3) is 0 Å². The van der Waals surface area contributed by atoms with E-state index in [0.717, 1.165) is 0 Å². The van der Waals surface area contributed by atoms with E-state index in [9.17, 15) is 25.5 Å². The van der Waals surface area contributed by atoms with Crippen molar-refractivity contribution in [2.45, 2.75) is 4.83 Å². The monoisotopic (exact) mass is 272 g/mol. The van der Waals surface area contributed by atoms with E-state index in [0.29, 0.717) is 0 Å². The first-order valence-corrected chi connectivity index (χ1v) is 4.29. The van der Waals surface area contributed by atoms with Crippen LogP contribution in [-0.2, 0) is 14.7 Å². The van der Waals surface area contributed by atoms with Gasteiger partial charge in [0.2, 0.25) is 5.83 Å². The Hall–Kier alpha value is -0.310.